The summed E-state index contributed by atoms with van der Waals surface area (Å²) >= 11 is 0. The van der Waals surface area contributed by atoms with E-state index < -0.39 is 0 Å². The number of aromatic nitrogens is 7. The molecule has 7 heterocycles. The van der Waals surface area contributed by atoms with Gasteiger partial charge in [0.1, 0.15) is 5.65 Å². The number of nitrogens with zero attached hydrogens (tertiary/aromatic N) is 3. The Hall–Kier alpha value is -5.17. The van der Waals surface area contributed by atoms with Gasteiger partial charge in [0.2, 0.25) is 0 Å². The molecule has 0 bridgehead atoms. The molecule has 0 radical (unpaired) electrons. The van der Waals surface area contributed by atoms with Crippen LogP contribution in [0.15, 0.2) is 0 Å². The van der Waals surface area contributed by atoms with Gasteiger partial charge >= 0.3 is 0 Å². The average Bonchev–Trinajstić information content (AvgIpc) is 3.96. The highest BCUT2D eigenvalue weighted by atomic mass is 14.9. The van der Waals surface area contributed by atoms with E-state index in [0.717, 1.165) is 33.9 Å². The molecule has 0 spiro atoms. The van der Waals surface area contributed by atoms with Gasteiger partial charge in [-0.2, -0.15) is 0 Å². The molecule has 7 heteroatoms. The maximum atomic E-state index is 4.75. The molecule has 0 aliphatic heterocycles. The zero-order chi connectivity index (χ0) is 49.0. The summed E-state index contributed by atoms with van der Waals surface area (Å²) in [5.74, 6) is 2.18. The number of aryl methyl sites for hydroxylation is 13. The van der Waals surface area contributed by atoms with Crippen LogP contribution in [0.2, 0.25) is 0 Å². The van der Waals surface area contributed by atoms with E-state index in [4.69, 9.17) is 4.98 Å². The van der Waals surface area contributed by atoms with Crippen LogP contribution in [0.1, 0.15) is 197 Å². The van der Waals surface area contributed by atoms with Gasteiger partial charge in [0, 0.05) is 67.1 Å². The lowest BCUT2D eigenvalue weighted by Gasteiger charge is -2.13. The smallest absolute Gasteiger partial charge is 0.138 e. The molecule has 0 atom stereocenters. The summed E-state index contributed by atoms with van der Waals surface area (Å²) in [4.78, 5) is 27.9. The van der Waals surface area contributed by atoms with Gasteiger partial charge in [0.05, 0.1) is 22.2 Å². The minimum absolute atomic E-state index is 0.516. The maximum absolute atomic E-state index is 4.75. The van der Waals surface area contributed by atoms with Gasteiger partial charge in [-0.25, -0.2) is 4.98 Å². The third kappa shape index (κ3) is 9.31. The van der Waals surface area contributed by atoms with Gasteiger partial charge in [-0.05, 0) is 208 Å². The summed E-state index contributed by atoms with van der Waals surface area (Å²) in [5, 5.41) is 4.17. The molecule has 0 fully saturated rings. The second kappa shape index (κ2) is 19.4. The Labute approximate surface area is 391 Å². The molecule has 0 amide bonds. The molecular formula is C58H83N7. The minimum Gasteiger partial charge on any atom is -0.358 e. The van der Waals surface area contributed by atoms with Crippen molar-refractivity contribution in [3.8, 4) is 0 Å². The van der Waals surface area contributed by atoms with Crippen LogP contribution in [0.5, 0.6) is 0 Å². The minimum atomic E-state index is 0.516. The Morgan fingerprint density at radius 1 is 0.277 bits per heavy atom. The highest BCUT2D eigenvalue weighted by molar-refractivity contribution is 5.93. The molecule has 7 aromatic heterocycles. The molecule has 65 heavy (non-hydrogen) atoms. The van der Waals surface area contributed by atoms with Gasteiger partial charge < -0.3 is 19.9 Å². The Morgan fingerprint density at radius 2 is 0.631 bits per heavy atom. The first kappa shape index (κ1) is 50.8. The number of hydrogen-bond donors (Lipinski definition) is 4. The number of nitrogens with one attached hydrogen (secondary N) is 4. The summed E-state index contributed by atoms with van der Waals surface area (Å²) in [5.41, 5.74) is 33.7. The summed E-state index contributed by atoms with van der Waals surface area (Å²) in [6.07, 6.45) is 0. The van der Waals surface area contributed by atoms with Crippen molar-refractivity contribution in [1.29, 1.82) is 0 Å². The fraction of sp³-hybridized carbons (Fsp3) is 0.500. The van der Waals surface area contributed by atoms with E-state index in [2.05, 4.69) is 203 Å². The molecular weight excluding hydrogens is 795 g/mol. The molecule has 1 aromatic carbocycles. The quantitative estimate of drug-likeness (QED) is 0.142. The number of benzene rings is 1. The Balaban J connectivity index is 0.000000163. The molecule has 8 aromatic rings. The zero-order valence-electron chi connectivity index (χ0n) is 45.2. The van der Waals surface area contributed by atoms with Crippen molar-refractivity contribution in [2.75, 3.05) is 0 Å². The van der Waals surface area contributed by atoms with Gasteiger partial charge in [-0.1, -0.05) is 55.4 Å². The lowest BCUT2D eigenvalue weighted by molar-refractivity contribution is 0.860. The Bertz CT molecular complexity index is 3060. The van der Waals surface area contributed by atoms with Crippen LogP contribution >= 0.6 is 0 Å². The SMILES string of the molecule is Cc1[nH]c2c(C)c(C)c(C)c(C)c2c1C(C)C.Cc1nc(C)c2[nH]c(C)c(C(C)C)c2c1C.Cc1nc2[nH]c(C)c(C(C)C)c2c(C)c1C.Cc1nc2c(C(C)C)c(C)[nH]c2c(C)c1C. The molecule has 0 aliphatic rings. The number of pyridine rings is 3. The topological polar surface area (TPSA) is 102 Å². The lowest BCUT2D eigenvalue weighted by atomic mass is 9.90. The van der Waals surface area contributed by atoms with Gasteiger partial charge in [-0.3, -0.25) is 9.97 Å². The zero-order valence-corrected chi connectivity index (χ0v) is 45.2. The maximum Gasteiger partial charge on any atom is 0.138 e. The van der Waals surface area contributed by atoms with Gasteiger partial charge in [0.25, 0.3) is 0 Å². The van der Waals surface area contributed by atoms with E-state index in [1.54, 1.807) is 0 Å². The monoisotopic (exact) mass is 878 g/mol. The predicted molar refractivity (Wildman–Crippen MR) is 283 cm³/mol. The fourth-order valence-corrected chi connectivity index (χ4v) is 10.5. The van der Waals surface area contributed by atoms with E-state index in [1.165, 1.54) is 128 Å². The first-order chi connectivity index (χ1) is 30.1. The first-order valence-corrected chi connectivity index (χ1v) is 24.1. The van der Waals surface area contributed by atoms with Crippen molar-refractivity contribution in [3.05, 3.63) is 118 Å². The summed E-state index contributed by atoms with van der Waals surface area (Å²) in [7, 11) is 0. The second-order valence-corrected chi connectivity index (χ2v) is 20.5. The van der Waals surface area contributed by atoms with E-state index in [0.29, 0.717) is 23.7 Å². The number of hydrogen-bond acceptors (Lipinski definition) is 3. The van der Waals surface area contributed by atoms with Crippen molar-refractivity contribution in [2.24, 2.45) is 0 Å². The standard InChI is InChI=1S/C16H23N.3C14H20N2/c1-8(2)14-13(7)17-16-12(6)10(4)9(3)11(5)15(14)16;1-7(2)12-10(5)16-14-11(6)15-9(4)8(3)13(12)14;1-7(2)12-11(6)16-13-9(4)8(3)10(5)15-14(12)13;1-7(2)12-11(6)16-14-13(12)9(4)8(3)10(5)15-14/h8,17H,1-7H3;2*7,16H,1-6H3;7H,1-6H3,(H,15,16). The molecule has 350 valence electrons. The number of fused-ring (bicyclic) bond motifs is 4. The van der Waals surface area contributed by atoms with E-state index in [-0.39, 0.29) is 0 Å². The molecule has 7 nitrogen and oxygen atoms in total. The second-order valence-electron chi connectivity index (χ2n) is 20.5. The van der Waals surface area contributed by atoms with Crippen LogP contribution in [-0.2, 0) is 0 Å². The first-order valence-electron chi connectivity index (χ1n) is 24.1. The fourth-order valence-electron chi connectivity index (χ4n) is 10.5. The number of aromatic amines is 4. The highest BCUT2D eigenvalue weighted by Crippen LogP contribution is 2.37. The molecule has 0 saturated heterocycles. The number of rotatable bonds is 4. The van der Waals surface area contributed by atoms with Crippen molar-refractivity contribution < 1.29 is 0 Å². The third-order valence-electron chi connectivity index (χ3n) is 14.8. The van der Waals surface area contributed by atoms with Crippen molar-refractivity contribution in [3.63, 3.8) is 0 Å². The highest BCUT2D eigenvalue weighted by Gasteiger charge is 2.21. The van der Waals surface area contributed by atoms with Crippen LogP contribution in [0, 0.1) is 118 Å². The van der Waals surface area contributed by atoms with Crippen LogP contribution in [-0.4, -0.2) is 34.9 Å². The summed E-state index contributed by atoms with van der Waals surface area (Å²) in [6, 6.07) is 0. The summed E-state index contributed by atoms with van der Waals surface area (Å²) < 4.78 is 0. The van der Waals surface area contributed by atoms with E-state index in [1.807, 2.05) is 0 Å². The van der Waals surface area contributed by atoms with Crippen LogP contribution in [0.25, 0.3) is 43.9 Å². The molecule has 0 aliphatic carbocycles. The predicted octanol–water partition coefficient (Wildman–Crippen LogP) is 16.6. The van der Waals surface area contributed by atoms with E-state index >= 15 is 0 Å². The van der Waals surface area contributed by atoms with Crippen molar-refractivity contribution >= 4 is 43.9 Å². The molecule has 8 rings (SSSR count). The lowest BCUT2D eigenvalue weighted by Crippen LogP contribution is -1.95. The average molecular weight is 878 g/mol. The number of H-pyrrole nitrogens is 4. The van der Waals surface area contributed by atoms with Crippen molar-refractivity contribution in [1.82, 2.24) is 34.9 Å². The summed E-state index contributed by atoms with van der Waals surface area (Å²) in [6.45, 7) is 54.7. The van der Waals surface area contributed by atoms with Crippen LogP contribution in [0.4, 0.5) is 0 Å². The van der Waals surface area contributed by atoms with Crippen LogP contribution in [0.3, 0.4) is 0 Å². The Kier molecular flexibility index (Phi) is 15.1. The molecule has 0 saturated carbocycles. The normalized spacial score (nSPS) is 11.7. The van der Waals surface area contributed by atoms with Crippen LogP contribution < -0.4 is 0 Å². The van der Waals surface area contributed by atoms with Crippen molar-refractivity contribution in [2.45, 2.75) is 197 Å². The third-order valence-corrected chi connectivity index (χ3v) is 14.8. The van der Waals surface area contributed by atoms with Gasteiger partial charge in [0.15, 0.2) is 0 Å². The largest absolute Gasteiger partial charge is 0.358 e. The molecule has 0 unspecified atom stereocenters. The van der Waals surface area contributed by atoms with Gasteiger partial charge in [-0.15, -0.1) is 0 Å². The Morgan fingerprint density at radius 3 is 1.15 bits per heavy atom. The molecule has 4 N–H and O–H groups in total. The van der Waals surface area contributed by atoms with E-state index in [9.17, 15) is 0 Å².